The van der Waals surface area contributed by atoms with Gasteiger partial charge in [-0.05, 0) is 54.5 Å². The zero-order valence-electron chi connectivity index (χ0n) is 18.6. The molecule has 0 aliphatic carbocycles. The predicted molar refractivity (Wildman–Crippen MR) is 128 cm³/mol. The number of piperidine rings is 1. The number of carbonyl (C=O) groups excluding carboxylic acids is 1. The molecule has 0 amide bonds. The number of halogens is 1. The fourth-order valence-corrected chi connectivity index (χ4v) is 4.44. The van der Waals surface area contributed by atoms with Gasteiger partial charge in [-0.2, -0.15) is 15.2 Å². The van der Waals surface area contributed by atoms with Gasteiger partial charge in [0.2, 0.25) is 11.8 Å². The Bertz CT molecular complexity index is 1110. The number of pyridine rings is 2. The zero-order chi connectivity index (χ0) is 23.4. The maximum Gasteiger partial charge on any atom is 0.344 e. The molecule has 3 aromatic rings. The van der Waals surface area contributed by atoms with Gasteiger partial charge in [-0.25, -0.2) is 9.78 Å². The second-order valence-electron chi connectivity index (χ2n) is 7.72. The van der Waals surface area contributed by atoms with Crippen LogP contribution in [0.15, 0.2) is 36.8 Å². The zero-order valence-corrected chi connectivity index (χ0v) is 20.8. The van der Waals surface area contributed by atoms with E-state index in [1.165, 1.54) is 11.9 Å². The molecule has 4 heterocycles. The lowest BCUT2D eigenvalue weighted by molar-refractivity contribution is 0.0446. The van der Waals surface area contributed by atoms with Crippen molar-refractivity contribution in [1.29, 1.82) is 0 Å². The van der Waals surface area contributed by atoms with Gasteiger partial charge in [0.1, 0.15) is 11.7 Å². The Morgan fingerprint density at radius 3 is 2.67 bits per heavy atom. The fourth-order valence-electron chi connectivity index (χ4n) is 3.83. The first-order valence-electron chi connectivity index (χ1n) is 10.5. The molecule has 1 fully saturated rings. The molecule has 33 heavy (non-hydrogen) atoms. The summed E-state index contributed by atoms with van der Waals surface area (Å²) in [6.07, 6.45) is 6.56. The van der Waals surface area contributed by atoms with E-state index in [0.29, 0.717) is 42.3 Å². The van der Waals surface area contributed by atoms with Gasteiger partial charge >= 0.3 is 5.97 Å². The third-order valence-electron chi connectivity index (χ3n) is 5.62. The van der Waals surface area contributed by atoms with E-state index in [1.807, 2.05) is 12.1 Å². The molecule has 0 spiro atoms. The highest BCUT2D eigenvalue weighted by atomic mass is 127. The Hall–Kier alpha value is -2.80. The number of ether oxygens (including phenoxy) is 3. The van der Waals surface area contributed by atoms with Crippen molar-refractivity contribution in [3.05, 3.63) is 51.5 Å². The van der Waals surface area contributed by atoms with Gasteiger partial charge in [0.05, 0.1) is 26.6 Å². The molecule has 1 saturated heterocycles. The van der Waals surface area contributed by atoms with Crippen LogP contribution >= 0.6 is 22.6 Å². The molecule has 2 atom stereocenters. The molecule has 0 aromatic carbocycles. The van der Waals surface area contributed by atoms with Crippen molar-refractivity contribution >= 4 is 28.6 Å². The van der Waals surface area contributed by atoms with Crippen molar-refractivity contribution in [1.82, 2.24) is 29.9 Å². The number of aromatic nitrogens is 5. The Morgan fingerprint density at radius 2 is 1.94 bits per heavy atom. The highest BCUT2D eigenvalue weighted by Gasteiger charge is 2.30. The number of likely N-dealkylation sites (tertiary alicyclic amines) is 1. The molecule has 1 aliphatic rings. The minimum atomic E-state index is -0.454. The van der Waals surface area contributed by atoms with Crippen LogP contribution in [-0.2, 0) is 11.3 Å². The summed E-state index contributed by atoms with van der Waals surface area (Å²) in [6.45, 7) is 3.51. The van der Waals surface area contributed by atoms with Crippen LogP contribution in [0.25, 0.3) is 5.82 Å². The smallest absolute Gasteiger partial charge is 0.344 e. The number of hydrogen-bond acceptors (Lipinski definition) is 9. The summed E-state index contributed by atoms with van der Waals surface area (Å²) in [5.41, 5.74) is 1.33. The van der Waals surface area contributed by atoms with Crippen molar-refractivity contribution in [2.24, 2.45) is 0 Å². The summed E-state index contributed by atoms with van der Waals surface area (Å²) < 4.78 is 17.2. The van der Waals surface area contributed by atoms with Gasteiger partial charge in [-0.15, -0.1) is 4.80 Å². The number of esters is 1. The van der Waals surface area contributed by atoms with E-state index >= 15 is 0 Å². The first kappa shape index (κ1) is 23.4. The van der Waals surface area contributed by atoms with Crippen molar-refractivity contribution in [3.63, 3.8) is 0 Å². The van der Waals surface area contributed by atoms with Crippen LogP contribution in [0.5, 0.6) is 11.8 Å². The molecule has 4 rings (SSSR count). The highest BCUT2D eigenvalue weighted by Crippen LogP contribution is 2.28. The van der Waals surface area contributed by atoms with E-state index in [2.05, 4.69) is 54.6 Å². The third kappa shape index (κ3) is 5.24. The van der Waals surface area contributed by atoms with Crippen molar-refractivity contribution in [2.45, 2.75) is 38.5 Å². The Morgan fingerprint density at radius 1 is 1.15 bits per heavy atom. The van der Waals surface area contributed by atoms with E-state index < -0.39 is 5.97 Å². The molecule has 0 saturated carbocycles. The predicted octanol–water partition coefficient (Wildman–Crippen LogP) is 2.89. The van der Waals surface area contributed by atoms with Crippen LogP contribution in [0.4, 0.5) is 0 Å². The number of methoxy groups -OCH3 is 2. The second-order valence-corrected chi connectivity index (χ2v) is 8.88. The third-order valence-corrected chi connectivity index (χ3v) is 6.52. The van der Waals surface area contributed by atoms with Gasteiger partial charge in [0, 0.05) is 40.5 Å². The largest absolute Gasteiger partial charge is 0.481 e. The minimum absolute atomic E-state index is 0.118. The molecule has 0 bridgehead atoms. The van der Waals surface area contributed by atoms with Gasteiger partial charge in [0.25, 0.3) is 0 Å². The second kappa shape index (κ2) is 10.4. The highest BCUT2D eigenvalue weighted by molar-refractivity contribution is 14.1. The van der Waals surface area contributed by atoms with Gasteiger partial charge < -0.3 is 14.2 Å². The van der Waals surface area contributed by atoms with Gasteiger partial charge in [0.15, 0.2) is 5.82 Å². The number of rotatable bonds is 7. The van der Waals surface area contributed by atoms with Crippen molar-refractivity contribution in [2.75, 3.05) is 20.8 Å². The lowest BCUT2D eigenvalue weighted by atomic mass is 10.0. The summed E-state index contributed by atoms with van der Waals surface area (Å²) >= 11 is 2.09. The van der Waals surface area contributed by atoms with Crippen molar-refractivity contribution in [3.8, 4) is 17.6 Å². The molecule has 1 aliphatic heterocycles. The first-order valence-corrected chi connectivity index (χ1v) is 11.6. The van der Waals surface area contributed by atoms with Crippen LogP contribution in [0.3, 0.4) is 0 Å². The summed E-state index contributed by atoms with van der Waals surface area (Å²) in [7, 11) is 2.94. The maximum absolute atomic E-state index is 12.3. The Labute approximate surface area is 205 Å². The van der Waals surface area contributed by atoms with Crippen LogP contribution < -0.4 is 9.47 Å². The van der Waals surface area contributed by atoms with E-state index in [-0.39, 0.29) is 6.10 Å². The molecule has 0 radical (unpaired) electrons. The average Bonchev–Trinajstić information content (AvgIpc) is 3.36. The summed E-state index contributed by atoms with van der Waals surface area (Å²) in [5, 5.41) is 8.48. The normalized spacial score (nSPS) is 18.7. The average molecular weight is 564 g/mol. The molecule has 0 unspecified atom stereocenters. The maximum atomic E-state index is 12.3. The standard InChI is InChI=1S/C22H25IN6O4/c1-14-4-6-16(33-21-19(22(30)32-3)17(23)8-9-24-21)13-28(14)12-15-5-7-18(31-2)27-20(15)29-25-10-11-26-29/h5,7-11,14,16H,4,6,12-13H2,1-3H3/t14-,16-/m1/s1. The van der Waals surface area contributed by atoms with Crippen LogP contribution in [0.2, 0.25) is 0 Å². The topological polar surface area (TPSA) is 104 Å². The number of carbonyl (C=O) groups is 1. The molecular weight excluding hydrogens is 539 g/mol. The Kier molecular flexibility index (Phi) is 7.38. The lowest BCUT2D eigenvalue weighted by Gasteiger charge is -2.38. The fraction of sp³-hybridized carbons (Fsp3) is 0.409. The van der Waals surface area contributed by atoms with E-state index in [4.69, 9.17) is 14.2 Å². The molecule has 3 aromatic heterocycles. The molecule has 174 valence electrons. The molecular formula is C22H25IN6O4. The van der Waals surface area contributed by atoms with Crippen LogP contribution in [0.1, 0.15) is 35.7 Å². The summed E-state index contributed by atoms with van der Waals surface area (Å²) in [6, 6.07) is 5.92. The molecule has 0 N–H and O–H groups in total. The van der Waals surface area contributed by atoms with Crippen LogP contribution in [-0.4, -0.2) is 68.7 Å². The van der Waals surface area contributed by atoms with Crippen molar-refractivity contribution < 1.29 is 19.0 Å². The molecule has 10 nitrogen and oxygen atoms in total. The Balaban J connectivity index is 1.54. The van der Waals surface area contributed by atoms with E-state index in [9.17, 15) is 4.79 Å². The number of nitrogens with zero attached hydrogens (tertiary/aromatic N) is 6. The van der Waals surface area contributed by atoms with Gasteiger partial charge in [-0.3, -0.25) is 4.90 Å². The monoisotopic (exact) mass is 564 g/mol. The lowest BCUT2D eigenvalue weighted by Crippen LogP contribution is -2.46. The van der Waals surface area contributed by atoms with Gasteiger partial charge in [-0.1, -0.05) is 0 Å². The van der Waals surface area contributed by atoms with E-state index in [0.717, 1.165) is 22.0 Å². The molecule has 11 heteroatoms. The minimum Gasteiger partial charge on any atom is -0.481 e. The van der Waals surface area contributed by atoms with E-state index in [1.54, 1.807) is 31.8 Å². The summed E-state index contributed by atoms with van der Waals surface area (Å²) in [4.78, 5) is 25.0. The SMILES string of the molecule is COC(=O)c1c(I)ccnc1O[C@@H]1CC[C@@H](C)N(Cc2ccc(OC)nc2-n2nccn2)C1. The number of hydrogen-bond donors (Lipinski definition) is 0. The van der Waals surface area contributed by atoms with Crippen LogP contribution in [0, 0.1) is 3.57 Å². The quantitative estimate of drug-likeness (QED) is 0.317. The first-order chi connectivity index (χ1) is 16.0. The summed E-state index contributed by atoms with van der Waals surface area (Å²) in [5.74, 6) is 0.978.